The van der Waals surface area contributed by atoms with Crippen molar-refractivity contribution in [2.45, 2.75) is 35.5 Å². The van der Waals surface area contributed by atoms with E-state index in [0.717, 1.165) is 50.6 Å². The lowest BCUT2D eigenvalue weighted by atomic mass is 10.0. The fourth-order valence-electron chi connectivity index (χ4n) is 8.50. The van der Waals surface area contributed by atoms with Crippen LogP contribution in [0.15, 0.2) is 168 Å². The van der Waals surface area contributed by atoms with Crippen molar-refractivity contribution in [3.8, 4) is 22.3 Å². The molecule has 0 saturated carbocycles. The molecule has 0 bridgehead atoms. The summed E-state index contributed by atoms with van der Waals surface area (Å²) in [7, 11) is -2.96. The fourth-order valence-corrected chi connectivity index (χ4v) is 11.5. The molecule has 3 amide bonds. The van der Waals surface area contributed by atoms with Gasteiger partial charge in [-0.2, -0.15) is 0 Å². The van der Waals surface area contributed by atoms with E-state index in [2.05, 4.69) is 10.0 Å². The molecule has 0 spiro atoms. The molecule has 4 saturated heterocycles. The van der Waals surface area contributed by atoms with E-state index >= 15 is 0 Å². The number of carbonyl (C=O) groups is 4. The summed E-state index contributed by atoms with van der Waals surface area (Å²) in [4.78, 5) is 51.0. The van der Waals surface area contributed by atoms with Gasteiger partial charge in [-0.1, -0.05) is 107 Å². The SMILES string of the molecule is C1CNC1.Nc1cc(-c2ccccc2)c(F)cc1F.Nc1cc(Cl)cc(C(=O)N2CCC2)c1.Nc1cc(Cl)cc(C(=O)O)c1.O=C(c1cc(Cl)cc(S(=O)(=O)Cl)c1)N1CCC1.O=C(c1cc(Cl)cc(S(=O)(=O)Nc2cc(-c3ccccc3)c(F)cc2F)c1)N1CCC1. The molecule has 4 aliphatic heterocycles. The third-order valence-corrected chi connectivity index (χ3v) is 17.4. The zero-order valence-electron chi connectivity index (χ0n) is 48.5. The van der Waals surface area contributed by atoms with Gasteiger partial charge in [0.25, 0.3) is 36.8 Å². The molecule has 12 rings (SSSR count). The van der Waals surface area contributed by atoms with Gasteiger partial charge in [0.2, 0.25) is 0 Å². The lowest BCUT2D eigenvalue weighted by molar-refractivity contribution is 0.0644. The molecule has 0 unspecified atom stereocenters. The van der Waals surface area contributed by atoms with Gasteiger partial charge in [0, 0.05) is 121 Å². The number of carboxylic acid groups (broad SMARTS) is 1. The van der Waals surface area contributed by atoms with Gasteiger partial charge < -0.3 is 42.3 Å². The highest BCUT2D eigenvalue weighted by Gasteiger charge is 2.27. The van der Waals surface area contributed by atoms with Crippen LogP contribution in [-0.4, -0.2) is 113 Å². The zero-order valence-corrected chi connectivity index (χ0v) is 53.9. The number of halogens is 9. The summed E-state index contributed by atoms with van der Waals surface area (Å²) in [6, 6.07) is 37.9. The van der Waals surface area contributed by atoms with E-state index in [9.17, 15) is 53.6 Å². The number of aromatic carboxylic acids is 1. The molecule has 28 heteroatoms. The molecule has 4 fully saturated rings. The van der Waals surface area contributed by atoms with Crippen molar-refractivity contribution in [2.24, 2.45) is 0 Å². The molecule has 4 aliphatic rings. The molecule has 0 aliphatic carbocycles. The van der Waals surface area contributed by atoms with E-state index < -0.39 is 54.0 Å². The number of nitrogens with zero attached hydrogens (tertiary/aromatic N) is 3. The standard InChI is InChI=1S/C22H17ClF2N2O3S.C12H9F2N.C10H9Cl2NO3S.C10H11ClN2O.C7H6ClNO2.C3H7N/c23-16-9-15(22(28)27-7-4-8-27)10-17(11-16)31(29,30)26-21-12-18(19(24)13-20(21)25)14-5-2-1-3-6-14;13-10-7-11(14)12(15)6-9(10)8-4-2-1-3-5-8;11-8-4-7(10(14)13-2-1-3-13)5-9(6-8)17(12,15)16;11-8-4-7(5-9(12)6-8)10(14)13-2-1-3-13;8-5-1-4(7(10)11)2-6(9)3-5;1-2-4-3-1/h1-3,5-6,9-13,26H,4,7-8H2;1-7H,15H2;4-6H,1-3H2;4-6H,1-3,12H2;1-3H,9H2,(H,10,11);4H,1-3H2. The third kappa shape index (κ3) is 20.2. The fraction of sp³-hybridized carbons (Fsp3) is 0.188. The normalized spacial score (nSPS) is 13.6. The largest absolute Gasteiger partial charge is 0.478 e. The van der Waals surface area contributed by atoms with Crippen molar-refractivity contribution in [1.82, 2.24) is 20.0 Å². The second kappa shape index (κ2) is 32.4. The van der Waals surface area contributed by atoms with E-state index in [1.807, 2.05) is 6.07 Å². The highest BCUT2D eigenvalue weighted by molar-refractivity contribution is 8.13. The third-order valence-electron chi connectivity index (χ3n) is 13.9. The number of carbonyl (C=O) groups excluding carboxylic acids is 3. The van der Waals surface area contributed by atoms with Crippen molar-refractivity contribution in [2.75, 3.05) is 74.3 Å². The molecule has 0 radical (unpaired) electrons. The Morgan fingerprint density at radius 1 is 0.457 bits per heavy atom. The summed E-state index contributed by atoms with van der Waals surface area (Å²) in [5, 5.41) is 12.7. The van der Waals surface area contributed by atoms with Crippen LogP contribution in [0.5, 0.6) is 0 Å². The number of anilines is 4. The number of carboxylic acids is 1. The lowest BCUT2D eigenvalue weighted by Crippen LogP contribution is -2.42. The number of nitrogens with two attached hydrogens (primary N) is 3. The van der Waals surface area contributed by atoms with Crippen LogP contribution in [0.25, 0.3) is 22.3 Å². The Labute approximate surface area is 553 Å². The van der Waals surface area contributed by atoms with E-state index in [-0.39, 0.29) is 65.5 Å². The number of hydrogen-bond donors (Lipinski definition) is 6. The maximum absolute atomic E-state index is 14.4. The number of nitrogens with one attached hydrogen (secondary N) is 2. The zero-order chi connectivity index (χ0) is 67.0. The van der Waals surface area contributed by atoms with Crippen LogP contribution in [0.3, 0.4) is 0 Å². The minimum atomic E-state index is -4.31. The van der Waals surface area contributed by atoms with Crippen LogP contribution in [0.1, 0.15) is 67.1 Å². The van der Waals surface area contributed by atoms with Gasteiger partial charge in [-0.3, -0.25) is 19.1 Å². The van der Waals surface area contributed by atoms with Crippen LogP contribution in [0.2, 0.25) is 20.1 Å². The monoisotopic (exact) mass is 1400 g/mol. The number of amides is 3. The highest BCUT2D eigenvalue weighted by atomic mass is 35.7. The van der Waals surface area contributed by atoms with Crippen LogP contribution in [0, 0.1) is 23.3 Å². The average Bonchev–Trinajstić information content (AvgIpc) is 0.830. The van der Waals surface area contributed by atoms with E-state index in [1.165, 1.54) is 74.1 Å². The Morgan fingerprint density at radius 3 is 1.20 bits per heavy atom. The second-order valence-corrected chi connectivity index (χ2v) is 26.7. The summed E-state index contributed by atoms with van der Waals surface area (Å²) in [6.07, 6.45) is 4.32. The molecule has 17 nitrogen and oxygen atoms in total. The van der Waals surface area contributed by atoms with E-state index in [1.54, 1.807) is 87.5 Å². The van der Waals surface area contributed by atoms with Crippen LogP contribution < -0.4 is 27.2 Å². The first kappa shape index (κ1) is 71.3. The highest BCUT2D eigenvalue weighted by Crippen LogP contribution is 2.32. The second-order valence-electron chi connectivity index (χ2n) is 20.7. The quantitative estimate of drug-likeness (QED) is 0.0423. The van der Waals surface area contributed by atoms with Crippen molar-refractivity contribution in [1.29, 1.82) is 0 Å². The molecule has 8 aromatic carbocycles. The molecule has 9 N–H and O–H groups in total. The predicted molar refractivity (Wildman–Crippen MR) is 352 cm³/mol. The molecule has 484 valence electrons. The summed E-state index contributed by atoms with van der Waals surface area (Å²) < 4.78 is 105. The first-order valence-corrected chi connectivity index (χ1v) is 33.2. The van der Waals surface area contributed by atoms with E-state index in [4.69, 9.17) is 79.4 Å². The first-order chi connectivity index (χ1) is 43.6. The summed E-state index contributed by atoms with van der Waals surface area (Å²) in [6.45, 7) is 6.74. The van der Waals surface area contributed by atoms with Crippen molar-refractivity contribution >= 4 is 123 Å². The molecular formula is C64H59Cl5F4N8O9S2. The molecule has 8 aromatic rings. The maximum Gasteiger partial charge on any atom is 0.335 e. The minimum absolute atomic E-state index is 0.0189. The van der Waals surface area contributed by atoms with Gasteiger partial charge in [0.05, 0.1) is 26.7 Å². The Balaban J connectivity index is 0.000000169. The van der Waals surface area contributed by atoms with Gasteiger partial charge in [-0.15, -0.1) is 0 Å². The Hall–Kier alpha value is -8.13. The topological polar surface area (TPSA) is 269 Å². The number of benzene rings is 8. The number of likely N-dealkylation sites (tertiary alicyclic amines) is 3. The van der Waals surface area contributed by atoms with Crippen LogP contribution in [-0.2, 0) is 19.1 Å². The minimum Gasteiger partial charge on any atom is -0.478 e. The lowest BCUT2D eigenvalue weighted by Gasteiger charge is -2.31. The van der Waals surface area contributed by atoms with Crippen LogP contribution >= 0.6 is 57.1 Å². The Kier molecular flexibility index (Phi) is 25.1. The summed E-state index contributed by atoms with van der Waals surface area (Å²) >= 11 is 23.2. The molecule has 4 heterocycles. The number of nitrogen functional groups attached to an aromatic ring is 3. The Bertz CT molecular complexity index is 4190. The number of rotatable bonds is 10. The first-order valence-electron chi connectivity index (χ1n) is 27.9. The van der Waals surface area contributed by atoms with Crippen molar-refractivity contribution < 1.29 is 58.7 Å². The smallest absolute Gasteiger partial charge is 0.335 e. The van der Waals surface area contributed by atoms with Gasteiger partial charge >= 0.3 is 5.97 Å². The van der Waals surface area contributed by atoms with Crippen LogP contribution in [0.4, 0.5) is 40.3 Å². The molecule has 0 aromatic heterocycles. The molecular weight excluding hydrogens is 1340 g/mol. The summed E-state index contributed by atoms with van der Waals surface area (Å²) in [5.41, 5.74) is 19.3. The average molecular weight is 1400 g/mol. The maximum atomic E-state index is 14.4. The van der Waals surface area contributed by atoms with Gasteiger partial charge in [-0.25, -0.2) is 39.2 Å². The van der Waals surface area contributed by atoms with Gasteiger partial charge in [0.1, 0.15) is 23.3 Å². The predicted octanol–water partition coefficient (Wildman–Crippen LogP) is 13.6. The number of sulfonamides is 1. The van der Waals surface area contributed by atoms with E-state index in [0.29, 0.717) is 75.9 Å². The number of hydrogen-bond acceptors (Lipinski definition) is 12. The molecule has 92 heavy (non-hydrogen) atoms. The molecule has 0 atom stereocenters. The Morgan fingerprint density at radius 2 is 0.815 bits per heavy atom. The van der Waals surface area contributed by atoms with Gasteiger partial charge in [0.15, 0.2) is 0 Å². The van der Waals surface area contributed by atoms with Crippen molar-refractivity contribution in [3.05, 3.63) is 223 Å². The van der Waals surface area contributed by atoms with Crippen molar-refractivity contribution in [3.63, 3.8) is 0 Å². The summed E-state index contributed by atoms with van der Waals surface area (Å²) in [5.74, 6) is -4.79. The van der Waals surface area contributed by atoms with Gasteiger partial charge in [-0.05, 0) is 135 Å².